The van der Waals surface area contributed by atoms with E-state index in [2.05, 4.69) is 36.5 Å². The van der Waals surface area contributed by atoms with Gasteiger partial charge < -0.3 is 10.6 Å². The largest absolute Gasteiger partial charge is 0.340 e. The average Bonchev–Trinajstić information content (AvgIpc) is 2.49. The molecule has 0 fully saturated rings. The predicted octanol–water partition coefficient (Wildman–Crippen LogP) is 5.69. The van der Waals surface area contributed by atoms with Crippen LogP contribution in [0.1, 0.15) is 5.69 Å². The molecule has 1 heterocycles. The highest BCUT2D eigenvalue weighted by atomic mass is 79.9. The molecule has 0 unspecified atom stereocenters. The molecule has 3 aromatic rings. The van der Waals surface area contributed by atoms with Gasteiger partial charge in [0.05, 0.1) is 0 Å². The van der Waals surface area contributed by atoms with Gasteiger partial charge in [-0.3, -0.25) is 0 Å². The number of benzene rings is 2. The van der Waals surface area contributed by atoms with Gasteiger partial charge in [0.25, 0.3) is 0 Å². The van der Waals surface area contributed by atoms with Crippen LogP contribution in [0.5, 0.6) is 0 Å². The molecule has 0 amide bonds. The van der Waals surface area contributed by atoms with Crippen LogP contribution in [0.3, 0.4) is 0 Å². The van der Waals surface area contributed by atoms with Crippen molar-refractivity contribution in [3.63, 3.8) is 0 Å². The molecule has 2 N–H and O–H groups in total. The normalized spacial score (nSPS) is 10.4. The van der Waals surface area contributed by atoms with Gasteiger partial charge in [0.1, 0.15) is 5.82 Å². The lowest BCUT2D eigenvalue weighted by atomic mass is 10.3. The topological polar surface area (TPSA) is 49.8 Å². The smallest absolute Gasteiger partial charge is 0.229 e. The summed E-state index contributed by atoms with van der Waals surface area (Å²) in [5, 5.41) is 7.15. The van der Waals surface area contributed by atoms with Crippen molar-refractivity contribution in [2.75, 3.05) is 10.6 Å². The van der Waals surface area contributed by atoms with E-state index in [0.717, 1.165) is 27.4 Å². The minimum absolute atomic E-state index is 0.532. The van der Waals surface area contributed by atoms with Crippen molar-refractivity contribution in [2.24, 2.45) is 0 Å². The number of aromatic nitrogens is 2. The first-order chi connectivity index (χ1) is 11.1. The lowest BCUT2D eigenvalue weighted by Gasteiger charge is -2.10. The van der Waals surface area contributed by atoms with Gasteiger partial charge in [-0.2, -0.15) is 4.98 Å². The van der Waals surface area contributed by atoms with Gasteiger partial charge in [-0.1, -0.05) is 33.6 Å². The second-order valence-electron chi connectivity index (χ2n) is 4.99. The van der Waals surface area contributed by atoms with Crippen molar-refractivity contribution < 1.29 is 0 Å². The summed E-state index contributed by atoms with van der Waals surface area (Å²) in [5.41, 5.74) is 2.71. The summed E-state index contributed by atoms with van der Waals surface area (Å²) in [5.74, 6) is 1.26. The standard InChI is InChI=1S/C17H14BrClN4/c1-11-9-16(21-15-4-2-3-12(18)10-15)23-17(20-11)22-14-7-5-13(19)6-8-14/h2-10H,1H3,(H2,20,21,22,23). The number of hydrogen-bond acceptors (Lipinski definition) is 4. The van der Waals surface area contributed by atoms with Gasteiger partial charge in [-0.25, -0.2) is 4.98 Å². The van der Waals surface area contributed by atoms with E-state index in [4.69, 9.17) is 11.6 Å². The molecule has 0 saturated heterocycles. The van der Waals surface area contributed by atoms with Crippen LogP contribution in [0.4, 0.5) is 23.1 Å². The molecule has 6 heteroatoms. The molecule has 4 nitrogen and oxygen atoms in total. The van der Waals surface area contributed by atoms with Crippen molar-refractivity contribution in [1.29, 1.82) is 0 Å². The van der Waals surface area contributed by atoms with Crippen LogP contribution in [0, 0.1) is 6.92 Å². The van der Waals surface area contributed by atoms with Crippen LogP contribution < -0.4 is 10.6 Å². The minimum Gasteiger partial charge on any atom is -0.340 e. The van der Waals surface area contributed by atoms with E-state index in [1.54, 1.807) is 0 Å². The first-order valence-electron chi connectivity index (χ1n) is 6.99. The molecule has 2 aromatic carbocycles. The molecule has 0 aliphatic heterocycles. The quantitative estimate of drug-likeness (QED) is 0.602. The van der Waals surface area contributed by atoms with Crippen molar-refractivity contribution in [3.05, 3.63) is 69.8 Å². The molecule has 3 rings (SSSR count). The molecule has 116 valence electrons. The van der Waals surface area contributed by atoms with Crippen LogP contribution in [-0.4, -0.2) is 9.97 Å². The van der Waals surface area contributed by atoms with E-state index in [9.17, 15) is 0 Å². The monoisotopic (exact) mass is 388 g/mol. The summed E-state index contributed by atoms with van der Waals surface area (Å²) in [6, 6.07) is 17.2. The summed E-state index contributed by atoms with van der Waals surface area (Å²) in [7, 11) is 0. The van der Waals surface area contributed by atoms with Crippen molar-refractivity contribution in [1.82, 2.24) is 9.97 Å². The number of hydrogen-bond donors (Lipinski definition) is 2. The van der Waals surface area contributed by atoms with Gasteiger partial charge in [0.2, 0.25) is 5.95 Å². The van der Waals surface area contributed by atoms with Crippen LogP contribution in [-0.2, 0) is 0 Å². The highest BCUT2D eigenvalue weighted by Gasteiger charge is 2.04. The lowest BCUT2D eigenvalue weighted by molar-refractivity contribution is 1.11. The fraction of sp³-hybridized carbons (Fsp3) is 0.0588. The van der Waals surface area contributed by atoms with E-state index in [1.165, 1.54) is 0 Å². The maximum Gasteiger partial charge on any atom is 0.229 e. The van der Waals surface area contributed by atoms with E-state index < -0.39 is 0 Å². The maximum absolute atomic E-state index is 5.90. The maximum atomic E-state index is 5.90. The third-order valence-electron chi connectivity index (χ3n) is 3.05. The fourth-order valence-corrected chi connectivity index (χ4v) is 2.59. The molecular weight excluding hydrogens is 376 g/mol. The van der Waals surface area contributed by atoms with Crippen molar-refractivity contribution >= 4 is 50.7 Å². The first-order valence-corrected chi connectivity index (χ1v) is 8.16. The Morgan fingerprint density at radius 3 is 2.43 bits per heavy atom. The van der Waals surface area contributed by atoms with Gasteiger partial charge in [-0.05, 0) is 49.4 Å². The lowest BCUT2D eigenvalue weighted by Crippen LogP contribution is -2.02. The van der Waals surface area contributed by atoms with Crippen molar-refractivity contribution in [2.45, 2.75) is 6.92 Å². The number of aryl methyl sites for hydroxylation is 1. The van der Waals surface area contributed by atoms with Crippen LogP contribution in [0.15, 0.2) is 59.1 Å². The van der Waals surface area contributed by atoms with Gasteiger partial charge >= 0.3 is 0 Å². The average molecular weight is 390 g/mol. The number of halogens is 2. The van der Waals surface area contributed by atoms with Gasteiger partial charge in [-0.15, -0.1) is 0 Å². The van der Waals surface area contributed by atoms with E-state index in [0.29, 0.717) is 11.0 Å². The SMILES string of the molecule is Cc1cc(Nc2cccc(Br)c2)nc(Nc2ccc(Cl)cc2)n1. The molecular formula is C17H14BrClN4. The number of anilines is 4. The Bertz CT molecular complexity index is 821. The third-order valence-corrected chi connectivity index (χ3v) is 3.80. The number of nitrogens with zero attached hydrogens (tertiary/aromatic N) is 2. The highest BCUT2D eigenvalue weighted by molar-refractivity contribution is 9.10. The zero-order valence-corrected chi connectivity index (χ0v) is 14.7. The zero-order chi connectivity index (χ0) is 16.2. The highest BCUT2D eigenvalue weighted by Crippen LogP contribution is 2.22. The molecule has 23 heavy (non-hydrogen) atoms. The summed E-state index contributed by atoms with van der Waals surface area (Å²) in [6.45, 7) is 1.93. The Balaban J connectivity index is 1.82. The summed E-state index contributed by atoms with van der Waals surface area (Å²) < 4.78 is 1.01. The number of nitrogens with one attached hydrogen (secondary N) is 2. The van der Waals surface area contributed by atoms with Gasteiger partial charge in [0.15, 0.2) is 0 Å². The Labute approximate surface area is 148 Å². The molecule has 0 atom stereocenters. The fourth-order valence-electron chi connectivity index (χ4n) is 2.06. The molecule has 0 saturated carbocycles. The molecule has 0 bridgehead atoms. The molecule has 0 aliphatic rings. The first kappa shape index (κ1) is 15.8. The Morgan fingerprint density at radius 1 is 0.913 bits per heavy atom. The summed E-state index contributed by atoms with van der Waals surface area (Å²) in [6.07, 6.45) is 0. The van der Waals surface area contributed by atoms with Crippen LogP contribution >= 0.6 is 27.5 Å². The molecule has 0 radical (unpaired) electrons. The van der Waals surface area contributed by atoms with E-state index in [-0.39, 0.29) is 0 Å². The predicted molar refractivity (Wildman–Crippen MR) is 98.9 cm³/mol. The summed E-state index contributed by atoms with van der Waals surface area (Å²) >= 11 is 9.35. The van der Waals surface area contributed by atoms with E-state index in [1.807, 2.05) is 61.5 Å². The Kier molecular flexibility index (Phi) is 4.79. The third kappa shape index (κ3) is 4.43. The van der Waals surface area contributed by atoms with Crippen molar-refractivity contribution in [3.8, 4) is 0 Å². The Morgan fingerprint density at radius 2 is 1.70 bits per heavy atom. The summed E-state index contributed by atoms with van der Waals surface area (Å²) in [4.78, 5) is 8.90. The van der Waals surface area contributed by atoms with E-state index >= 15 is 0 Å². The Hall–Kier alpha value is -2.11. The zero-order valence-electron chi connectivity index (χ0n) is 12.3. The molecule has 0 spiro atoms. The molecule has 0 aliphatic carbocycles. The van der Waals surface area contributed by atoms with Gasteiger partial charge in [0, 0.05) is 32.6 Å². The second-order valence-corrected chi connectivity index (χ2v) is 6.34. The molecule has 1 aromatic heterocycles. The number of rotatable bonds is 4. The van der Waals surface area contributed by atoms with Crippen LogP contribution in [0.2, 0.25) is 5.02 Å². The van der Waals surface area contributed by atoms with Crippen LogP contribution in [0.25, 0.3) is 0 Å². The minimum atomic E-state index is 0.532. The second kappa shape index (κ2) is 6.98.